The van der Waals surface area contributed by atoms with Gasteiger partial charge >= 0.3 is 0 Å². The number of pyridine rings is 1. The van der Waals surface area contributed by atoms with Crippen molar-refractivity contribution in [3.63, 3.8) is 0 Å². The van der Waals surface area contributed by atoms with Crippen molar-refractivity contribution in [3.8, 4) is 0 Å². The third-order valence-electron chi connectivity index (χ3n) is 2.66. The molecule has 4 nitrogen and oxygen atoms in total. The van der Waals surface area contributed by atoms with Gasteiger partial charge in [0.05, 0.1) is 17.9 Å². The van der Waals surface area contributed by atoms with Crippen molar-refractivity contribution in [3.05, 3.63) is 23.0 Å². The Hall–Kier alpha value is -1.13. The molecule has 0 radical (unpaired) electrons. The molecule has 2 N–H and O–H groups in total. The molecule has 0 aliphatic carbocycles. The van der Waals surface area contributed by atoms with E-state index in [0.29, 0.717) is 10.8 Å². The van der Waals surface area contributed by atoms with Crippen LogP contribution < -0.4 is 10.6 Å². The lowest BCUT2D eigenvalue weighted by Gasteiger charge is -2.11. The molecule has 0 spiro atoms. The van der Waals surface area contributed by atoms with E-state index in [0.717, 1.165) is 24.9 Å². The predicted octanol–water partition coefficient (Wildman–Crippen LogP) is 1.73. The molecule has 16 heavy (non-hydrogen) atoms. The van der Waals surface area contributed by atoms with E-state index in [1.165, 1.54) is 0 Å². The molecule has 1 saturated heterocycles. The Morgan fingerprint density at radius 2 is 2.50 bits per heavy atom. The SMILES string of the molecule is Cc1cc(NC(=O)[C@H]2CCCN2)cnc1Cl. The van der Waals surface area contributed by atoms with Crippen LogP contribution in [0, 0.1) is 6.92 Å². The maximum atomic E-state index is 11.8. The van der Waals surface area contributed by atoms with E-state index in [-0.39, 0.29) is 11.9 Å². The molecule has 1 aromatic heterocycles. The van der Waals surface area contributed by atoms with Crippen molar-refractivity contribution in [1.29, 1.82) is 0 Å². The Morgan fingerprint density at radius 3 is 3.12 bits per heavy atom. The number of hydrogen-bond donors (Lipinski definition) is 2. The van der Waals surface area contributed by atoms with E-state index in [4.69, 9.17) is 11.6 Å². The first-order chi connectivity index (χ1) is 7.66. The number of aryl methyl sites for hydroxylation is 1. The summed E-state index contributed by atoms with van der Waals surface area (Å²) in [5, 5.41) is 6.44. The summed E-state index contributed by atoms with van der Waals surface area (Å²) < 4.78 is 0. The monoisotopic (exact) mass is 239 g/mol. The first-order valence-corrected chi connectivity index (χ1v) is 5.71. The van der Waals surface area contributed by atoms with Crippen LogP contribution in [0.2, 0.25) is 5.15 Å². The molecule has 1 fully saturated rings. The molecule has 0 aromatic carbocycles. The minimum absolute atomic E-state index is 0.000947. The second-order valence-corrected chi connectivity index (χ2v) is 4.33. The van der Waals surface area contributed by atoms with Crippen LogP contribution in [-0.2, 0) is 4.79 Å². The van der Waals surface area contributed by atoms with E-state index < -0.39 is 0 Å². The molecule has 0 saturated carbocycles. The number of amides is 1. The van der Waals surface area contributed by atoms with Gasteiger partial charge < -0.3 is 10.6 Å². The molecule has 1 amide bonds. The van der Waals surface area contributed by atoms with Crippen LogP contribution in [0.4, 0.5) is 5.69 Å². The summed E-state index contributed by atoms with van der Waals surface area (Å²) in [7, 11) is 0. The molecule has 1 aromatic rings. The zero-order chi connectivity index (χ0) is 11.5. The number of rotatable bonds is 2. The summed E-state index contributed by atoms with van der Waals surface area (Å²) in [5.74, 6) is 0.000947. The smallest absolute Gasteiger partial charge is 0.241 e. The van der Waals surface area contributed by atoms with Crippen LogP contribution in [0.5, 0.6) is 0 Å². The number of carbonyl (C=O) groups excluding carboxylic acids is 1. The van der Waals surface area contributed by atoms with Gasteiger partial charge in [-0.3, -0.25) is 4.79 Å². The number of aromatic nitrogens is 1. The van der Waals surface area contributed by atoms with E-state index in [9.17, 15) is 4.79 Å². The number of anilines is 1. The summed E-state index contributed by atoms with van der Waals surface area (Å²) in [6, 6.07) is 1.75. The molecule has 1 aliphatic rings. The zero-order valence-corrected chi connectivity index (χ0v) is 9.84. The maximum Gasteiger partial charge on any atom is 0.241 e. The summed E-state index contributed by atoms with van der Waals surface area (Å²) in [6.45, 7) is 2.77. The average Bonchev–Trinajstić information content (AvgIpc) is 2.77. The van der Waals surface area contributed by atoms with Gasteiger partial charge in [-0.05, 0) is 37.9 Å². The number of halogens is 1. The predicted molar refractivity (Wildman–Crippen MR) is 63.6 cm³/mol. The first-order valence-electron chi connectivity index (χ1n) is 5.33. The van der Waals surface area contributed by atoms with Gasteiger partial charge in [-0.25, -0.2) is 4.98 Å². The topological polar surface area (TPSA) is 54.0 Å². The highest BCUT2D eigenvalue weighted by Crippen LogP contribution is 2.17. The third kappa shape index (κ3) is 2.51. The number of nitrogens with zero attached hydrogens (tertiary/aromatic N) is 1. The van der Waals surface area contributed by atoms with Crippen LogP contribution in [-0.4, -0.2) is 23.5 Å². The van der Waals surface area contributed by atoms with Gasteiger partial charge in [0.25, 0.3) is 0 Å². The van der Waals surface area contributed by atoms with Gasteiger partial charge in [0.15, 0.2) is 0 Å². The first kappa shape index (κ1) is 11.4. The normalized spacial score (nSPS) is 19.8. The highest BCUT2D eigenvalue weighted by molar-refractivity contribution is 6.30. The van der Waals surface area contributed by atoms with E-state index in [2.05, 4.69) is 15.6 Å². The molecule has 0 unspecified atom stereocenters. The van der Waals surface area contributed by atoms with Crippen molar-refractivity contribution in [2.24, 2.45) is 0 Å². The van der Waals surface area contributed by atoms with Crippen molar-refractivity contribution >= 4 is 23.2 Å². The van der Waals surface area contributed by atoms with Crippen LogP contribution in [0.25, 0.3) is 0 Å². The fourth-order valence-corrected chi connectivity index (χ4v) is 1.87. The lowest BCUT2D eigenvalue weighted by atomic mass is 10.2. The quantitative estimate of drug-likeness (QED) is 0.773. The van der Waals surface area contributed by atoms with Gasteiger partial charge in [0.1, 0.15) is 5.15 Å². The van der Waals surface area contributed by atoms with E-state index >= 15 is 0 Å². The average molecular weight is 240 g/mol. The Morgan fingerprint density at radius 1 is 1.69 bits per heavy atom. The molecule has 0 bridgehead atoms. The summed E-state index contributed by atoms with van der Waals surface area (Å²) in [5.41, 5.74) is 1.56. The van der Waals surface area contributed by atoms with E-state index in [1.54, 1.807) is 6.20 Å². The molecule has 86 valence electrons. The number of carbonyl (C=O) groups is 1. The molecular weight excluding hydrogens is 226 g/mol. The fourth-order valence-electron chi connectivity index (χ4n) is 1.76. The molecular formula is C11H14ClN3O. The second-order valence-electron chi connectivity index (χ2n) is 3.97. The van der Waals surface area contributed by atoms with E-state index in [1.807, 2.05) is 13.0 Å². The molecule has 5 heteroatoms. The minimum atomic E-state index is -0.0732. The van der Waals surface area contributed by atoms with Crippen molar-refractivity contribution in [1.82, 2.24) is 10.3 Å². The second kappa shape index (κ2) is 4.80. The Kier molecular flexibility index (Phi) is 3.41. The van der Waals surface area contributed by atoms with Crippen molar-refractivity contribution in [2.75, 3.05) is 11.9 Å². The number of hydrogen-bond acceptors (Lipinski definition) is 3. The summed E-state index contributed by atoms with van der Waals surface area (Å²) >= 11 is 5.81. The minimum Gasteiger partial charge on any atom is -0.323 e. The third-order valence-corrected chi connectivity index (χ3v) is 3.05. The zero-order valence-electron chi connectivity index (χ0n) is 9.09. The Labute approximate surface area is 99.4 Å². The van der Waals surface area contributed by atoms with Crippen molar-refractivity contribution in [2.45, 2.75) is 25.8 Å². The summed E-state index contributed by atoms with van der Waals surface area (Å²) in [4.78, 5) is 15.8. The largest absolute Gasteiger partial charge is 0.323 e. The standard InChI is InChI=1S/C11H14ClN3O/c1-7-5-8(6-14-10(7)12)15-11(16)9-3-2-4-13-9/h5-6,9,13H,2-4H2,1H3,(H,15,16)/t9-/m1/s1. The fraction of sp³-hybridized carbons (Fsp3) is 0.455. The van der Waals surface area contributed by atoms with Gasteiger partial charge in [-0.2, -0.15) is 0 Å². The molecule has 1 atom stereocenters. The summed E-state index contributed by atoms with van der Waals surface area (Å²) in [6.07, 6.45) is 3.52. The highest BCUT2D eigenvalue weighted by Gasteiger charge is 2.21. The van der Waals surface area contributed by atoms with Crippen LogP contribution in [0.15, 0.2) is 12.3 Å². The highest BCUT2D eigenvalue weighted by atomic mass is 35.5. The van der Waals surface area contributed by atoms with Crippen LogP contribution in [0.1, 0.15) is 18.4 Å². The molecule has 2 rings (SSSR count). The Balaban J connectivity index is 2.02. The van der Waals surface area contributed by atoms with Crippen LogP contribution >= 0.6 is 11.6 Å². The molecule has 1 aliphatic heterocycles. The van der Waals surface area contributed by atoms with Crippen molar-refractivity contribution < 1.29 is 4.79 Å². The van der Waals surface area contributed by atoms with Gasteiger partial charge in [-0.1, -0.05) is 11.6 Å². The van der Waals surface area contributed by atoms with Gasteiger partial charge in [0.2, 0.25) is 5.91 Å². The van der Waals surface area contributed by atoms with Crippen LogP contribution in [0.3, 0.4) is 0 Å². The molecule has 2 heterocycles. The number of nitrogens with one attached hydrogen (secondary N) is 2. The maximum absolute atomic E-state index is 11.8. The Bertz CT molecular complexity index is 402. The van der Waals surface area contributed by atoms with Gasteiger partial charge in [0, 0.05) is 0 Å². The lowest BCUT2D eigenvalue weighted by molar-refractivity contribution is -0.117. The van der Waals surface area contributed by atoms with Gasteiger partial charge in [-0.15, -0.1) is 0 Å². The lowest BCUT2D eigenvalue weighted by Crippen LogP contribution is -2.35.